The zero-order valence-electron chi connectivity index (χ0n) is 21.8. The predicted molar refractivity (Wildman–Crippen MR) is 131 cm³/mol. The van der Waals surface area contributed by atoms with Crippen LogP contribution in [0.4, 0.5) is 0 Å². The molecule has 4 atom stereocenters. The second-order valence-corrected chi connectivity index (χ2v) is 10.8. The first-order valence-electron chi connectivity index (χ1n) is 12.1. The smallest absolute Gasteiger partial charge is 0.401 e. The van der Waals surface area contributed by atoms with E-state index in [1.54, 1.807) is 33.1 Å². The molecule has 1 aliphatic heterocycles. The van der Waals surface area contributed by atoms with E-state index in [-0.39, 0.29) is 18.3 Å². The Hall–Kier alpha value is -2.21. The van der Waals surface area contributed by atoms with E-state index in [2.05, 4.69) is 0 Å². The number of ether oxygens (including phenoxy) is 3. The monoisotopic (exact) mass is 530 g/mol. The fraction of sp³-hybridized carbons (Fsp3) is 0.680. The molecule has 1 N–H and O–H groups in total. The molecule has 0 aliphatic carbocycles. The summed E-state index contributed by atoms with van der Waals surface area (Å²) < 4.78 is 50.5. The average Bonchev–Trinajstić information content (AvgIpc) is 3.11. The SMILES string of the molecule is COCCCOc1cc(C[C@@H](C(=O)[C@H]2OS(=O)(=O)O[C@H]2C[C@H](C(=O)O)C(C)C)C(C)C)ccc1OC. The summed E-state index contributed by atoms with van der Waals surface area (Å²) in [7, 11) is -1.26. The van der Waals surface area contributed by atoms with Gasteiger partial charge in [0.25, 0.3) is 0 Å². The summed E-state index contributed by atoms with van der Waals surface area (Å²) in [4.78, 5) is 25.3. The minimum Gasteiger partial charge on any atom is -0.493 e. The Morgan fingerprint density at radius 3 is 2.22 bits per heavy atom. The van der Waals surface area contributed by atoms with Crippen molar-refractivity contribution in [3.05, 3.63) is 23.8 Å². The van der Waals surface area contributed by atoms with E-state index in [4.69, 9.17) is 22.6 Å². The van der Waals surface area contributed by atoms with Crippen LogP contribution in [0.5, 0.6) is 11.5 Å². The van der Waals surface area contributed by atoms with E-state index in [1.807, 2.05) is 19.9 Å². The van der Waals surface area contributed by atoms with Gasteiger partial charge in [-0.3, -0.25) is 9.59 Å². The van der Waals surface area contributed by atoms with Crippen LogP contribution in [0.2, 0.25) is 0 Å². The lowest BCUT2D eigenvalue weighted by Gasteiger charge is -2.26. The highest BCUT2D eigenvalue weighted by Gasteiger charge is 2.48. The standard InChI is InChI=1S/C25H38O10S/c1-15(2)18(12-17-8-9-20(32-6)21(13-17)33-11-7-10-31-5)23(26)24-22(34-36(29,30)35-24)14-19(16(3)4)25(27)28/h8-9,13,15-16,18-19,22,24H,7,10-12,14H2,1-6H3,(H,27,28)/t18-,19+,22+,24+/m1/s1. The number of carboxylic acids is 1. The molecule has 0 amide bonds. The van der Waals surface area contributed by atoms with Crippen LogP contribution in [-0.4, -0.2) is 64.9 Å². The van der Waals surface area contributed by atoms with Gasteiger partial charge in [-0.25, -0.2) is 8.37 Å². The van der Waals surface area contributed by atoms with Crippen molar-refractivity contribution >= 4 is 22.2 Å². The van der Waals surface area contributed by atoms with Gasteiger partial charge < -0.3 is 19.3 Å². The molecule has 1 heterocycles. The van der Waals surface area contributed by atoms with E-state index in [9.17, 15) is 23.1 Å². The van der Waals surface area contributed by atoms with E-state index in [0.717, 1.165) is 5.56 Å². The number of rotatable bonds is 15. The quantitative estimate of drug-likeness (QED) is 0.337. The highest BCUT2D eigenvalue weighted by molar-refractivity contribution is 7.82. The van der Waals surface area contributed by atoms with Crippen LogP contribution in [0, 0.1) is 23.7 Å². The maximum Gasteiger partial charge on any atom is 0.401 e. The Kier molecular flexibility index (Phi) is 11.1. The van der Waals surface area contributed by atoms with Crippen molar-refractivity contribution in [2.75, 3.05) is 27.4 Å². The number of methoxy groups -OCH3 is 2. The van der Waals surface area contributed by atoms with Gasteiger partial charge >= 0.3 is 16.4 Å². The summed E-state index contributed by atoms with van der Waals surface area (Å²) in [5, 5.41) is 9.55. The van der Waals surface area contributed by atoms with Gasteiger partial charge in [0.2, 0.25) is 0 Å². The van der Waals surface area contributed by atoms with Gasteiger partial charge in [0.1, 0.15) is 6.10 Å². The zero-order chi connectivity index (χ0) is 27.0. The minimum absolute atomic E-state index is 0.154. The molecule has 1 aromatic rings. The highest BCUT2D eigenvalue weighted by Crippen LogP contribution is 2.34. The first-order chi connectivity index (χ1) is 16.9. The number of hydrogen-bond donors (Lipinski definition) is 1. The molecule has 36 heavy (non-hydrogen) atoms. The average molecular weight is 531 g/mol. The normalized spacial score (nSPS) is 20.9. The van der Waals surface area contributed by atoms with Gasteiger partial charge in [-0.15, -0.1) is 0 Å². The third-order valence-corrected chi connectivity index (χ3v) is 7.22. The van der Waals surface area contributed by atoms with Crippen LogP contribution in [0.1, 0.15) is 46.1 Å². The van der Waals surface area contributed by atoms with Crippen LogP contribution < -0.4 is 9.47 Å². The number of carboxylic acid groups (broad SMARTS) is 1. The number of hydrogen-bond acceptors (Lipinski definition) is 9. The first kappa shape index (κ1) is 30.0. The van der Waals surface area contributed by atoms with Crippen LogP contribution in [0.3, 0.4) is 0 Å². The maximum absolute atomic E-state index is 13.6. The molecule has 1 fully saturated rings. The lowest BCUT2D eigenvalue weighted by Crippen LogP contribution is -2.40. The molecule has 0 spiro atoms. The highest BCUT2D eigenvalue weighted by atomic mass is 32.3. The lowest BCUT2D eigenvalue weighted by atomic mass is 9.80. The molecular formula is C25H38O10S. The zero-order valence-corrected chi connectivity index (χ0v) is 22.6. The molecule has 1 saturated heterocycles. The molecule has 204 valence electrons. The Morgan fingerprint density at radius 2 is 1.67 bits per heavy atom. The largest absolute Gasteiger partial charge is 0.493 e. The molecule has 0 radical (unpaired) electrons. The number of aliphatic carboxylic acids is 1. The molecule has 0 saturated carbocycles. The summed E-state index contributed by atoms with van der Waals surface area (Å²) in [5.41, 5.74) is 0.800. The summed E-state index contributed by atoms with van der Waals surface area (Å²) in [6.07, 6.45) is -1.78. The van der Waals surface area contributed by atoms with Crippen LogP contribution >= 0.6 is 0 Å². The minimum atomic E-state index is -4.41. The Morgan fingerprint density at radius 1 is 1.00 bits per heavy atom. The van der Waals surface area contributed by atoms with Crippen molar-refractivity contribution in [2.45, 2.75) is 59.2 Å². The third-order valence-electron chi connectivity index (χ3n) is 6.29. The molecule has 0 bridgehead atoms. The Labute approximate surface area is 213 Å². The van der Waals surface area contributed by atoms with Crippen molar-refractivity contribution in [1.82, 2.24) is 0 Å². The molecule has 1 aromatic carbocycles. The number of carbonyl (C=O) groups excluding carboxylic acids is 1. The van der Waals surface area contributed by atoms with Crippen molar-refractivity contribution in [3.63, 3.8) is 0 Å². The molecule has 11 heteroatoms. The first-order valence-corrected chi connectivity index (χ1v) is 13.4. The van der Waals surface area contributed by atoms with Crippen LogP contribution in [0.15, 0.2) is 18.2 Å². The Balaban J connectivity index is 2.26. The van der Waals surface area contributed by atoms with Gasteiger partial charge in [-0.05, 0) is 42.4 Å². The van der Waals surface area contributed by atoms with E-state index in [1.165, 1.54) is 7.11 Å². The number of benzene rings is 1. The molecule has 2 rings (SSSR count). The number of carbonyl (C=O) groups is 2. The number of ketones is 1. The molecule has 0 aromatic heterocycles. The Bertz CT molecular complexity index is 989. The lowest BCUT2D eigenvalue weighted by molar-refractivity contribution is -0.145. The van der Waals surface area contributed by atoms with Crippen LogP contribution in [0.25, 0.3) is 0 Å². The molecule has 0 unspecified atom stereocenters. The van der Waals surface area contributed by atoms with Crippen molar-refractivity contribution in [1.29, 1.82) is 0 Å². The van der Waals surface area contributed by atoms with Crippen molar-refractivity contribution < 1.29 is 45.7 Å². The summed E-state index contributed by atoms with van der Waals surface area (Å²) in [6.45, 7) is 8.14. The molecule has 1 aliphatic rings. The van der Waals surface area contributed by atoms with E-state index < -0.39 is 46.2 Å². The predicted octanol–water partition coefficient (Wildman–Crippen LogP) is 3.27. The summed E-state index contributed by atoms with van der Waals surface area (Å²) in [5.74, 6) is -2.38. The van der Waals surface area contributed by atoms with Crippen molar-refractivity contribution in [3.8, 4) is 11.5 Å². The summed E-state index contributed by atoms with van der Waals surface area (Å²) >= 11 is 0. The van der Waals surface area contributed by atoms with Gasteiger partial charge in [0.05, 0.1) is 19.6 Å². The fourth-order valence-corrected chi connectivity index (χ4v) is 5.19. The maximum atomic E-state index is 13.6. The fourth-order valence-electron chi connectivity index (χ4n) is 4.19. The number of Topliss-reactive ketones (excluding diaryl/α,β-unsaturated/α-hetero) is 1. The summed E-state index contributed by atoms with van der Waals surface area (Å²) in [6, 6.07) is 5.38. The third kappa shape index (κ3) is 8.16. The van der Waals surface area contributed by atoms with Gasteiger partial charge in [-0.2, -0.15) is 8.42 Å². The van der Waals surface area contributed by atoms with E-state index in [0.29, 0.717) is 37.6 Å². The van der Waals surface area contributed by atoms with Gasteiger partial charge in [-0.1, -0.05) is 33.8 Å². The molecular weight excluding hydrogens is 492 g/mol. The van der Waals surface area contributed by atoms with E-state index >= 15 is 0 Å². The van der Waals surface area contributed by atoms with Gasteiger partial charge in [0.15, 0.2) is 23.4 Å². The topological polar surface area (TPSA) is 135 Å². The second kappa shape index (κ2) is 13.4. The van der Waals surface area contributed by atoms with Crippen LogP contribution in [-0.2, 0) is 39.5 Å². The molecule has 10 nitrogen and oxygen atoms in total. The van der Waals surface area contributed by atoms with Crippen molar-refractivity contribution in [2.24, 2.45) is 23.7 Å². The second-order valence-electron chi connectivity index (χ2n) is 9.62. The van der Waals surface area contributed by atoms with Gasteiger partial charge in [0, 0.05) is 26.1 Å².